The Labute approximate surface area is 140 Å². The summed E-state index contributed by atoms with van der Waals surface area (Å²) >= 11 is 3.46. The van der Waals surface area contributed by atoms with Crippen molar-refractivity contribution in [2.45, 2.75) is 33.6 Å². The van der Waals surface area contributed by atoms with E-state index in [1.165, 1.54) is 13.3 Å². The van der Waals surface area contributed by atoms with Crippen LogP contribution in [0.25, 0.3) is 0 Å². The van der Waals surface area contributed by atoms with Crippen LogP contribution < -0.4 is 4.90 Å². The van der Waals surface area contributed by atoms with Crippen LogP contribution in [-0.2, 0) is 9.59 Å². The van der Waals surface area contributed by atoms with Gasteiger partial charge in [-0.3, -0.25) is 9.59 Å². The summed E-state index contributed by atoms with van der Waals surface area (Å²) < 4.78 is 0.996. The van der Waals surface area contributed by atoms with Gasteiger partial charge in [-0.2, -0.15) is 0 Å². The van der Waals surface area contributed by atoms with E-state index in [1.807, 2.05) is 30.0 Å². The number of aryl methyl sites for hydroxylation is 1. The van der Waals surface area contributed by atoms with Gasteiger partial charge in [0.05, 0.1) is 0 Å². The van der Waals surface area contributed by atoms with E-state index in [0.717, 1.165) is 35.2 Å². The quantitative estimate of drug-likeness (QED) is 0.822. The second-order valence-corrected chi connectivity index (χ2v) is 6.98. The topological polar surface area (TPSA) is 40.6 Å². The van der Waals surface area contributed by atoms with Crippen LogP contribution >= 0.6 is 15.9 Å². The largest absolute Gasteiger partial charge is 0.341 e. The molecule has 1 heterocycles. The van der Waals surface area contributed by atoms with Gasteiger partial charge in [-0.05, 0) is 49.4 Å². The number of nitrogens with zero attached hydrogens (tertiary/aromatic N) is 2. The van der Waals surface area contributed by atoms with Crippen LogP contribution in [0, 0.1) is 12.8 Å². The molecule has 120 valence electrons. The summed E-state index contributed by atoms with van der Waals surface area (Å²) in [6.07, 6.45) is 2.22. The number of rotatable bonds is 3. The molecule has 5 heteroatoms. The van der Waals surface area contributed by atoms with Crippen molar-refractivity contribution < 1.29 is 9.59 Å². The van der Waals surface area contributed by atoms with E-state index < -0.39 is 0 Å². The maximum absolute atomic E-state index is 12.5. The lowest BCUT2D eigenvalue weighted by Gasteiger charge is -2.32. The maximum Gasteiger partial charge on any atom is 0.242 e. The number of carbonyl (C=O) groups is 2. The summed E-state index contributed by atoms with van der Waals surface area (Å²) in [6, 6.07) is 5.70. The highest BCUT2D eigenvalue weighted by molar-refractivity contribution is 9.10. The first-order valence-electron chi connectivity index (χ1n) is 7.70. The molecule has 1 aliphatic rings. The van der Waals surface area contributed by atoms with Crippen molar-refractivity contribution in [1.29, 1.82) is 0 Å². The minimum absolute atomic E-state index is 0.0299. The SMILES string of the molecule is CC(=O)N(CC(=O)N1CCCC(C)C1)c1ccc(Br)c(C)c1. The highest BCUT2D eigenvalue weighted by atomic mass is 79.9. The van der Waals surface area contributed by atoms with Crippen LogP contribution in [0.2, 0.25) is 0 Å². The predicted octanol–water partition coefficient (Wildman–Crippen LogP) is 3.37. The summed E-state index contributed by atoms with van der Waals surface area (Å²) in [5.41, 5.74) is 1.81. The number of carbonyl (C=O) groups excluding carboxylic acids is 2. The smallest absolute Gasteiger partial charge is 0.242 e. The Morgan fingerprint density at radius 3 is 2.73 bits per heavy atom. The number of likely N-dealkylation sites (tertiary alicyclic amines) is 1. The molecule has 2 amide bonds. The first-order chi connectivity index (χ1) is 10.4. The first-order valence-corrected chi connectivity index (χ1v) is 8.50. The number of benzene rings is 1. The van der Waals surface area contributed by atoms with E-state index in [1.54, 1.807) is 4.90 Å². The Kier molecular flexibility index (Phi) is 5.62. The van der Waals surface area contributed by atoms with Crippen molar-refractivity contribution in [2.75, 3.05) is 24.5 Å². The van der Waals surface area contributed by atoms with Gasteiger partial charge in [0.15, 0.2) is 0 Å². The number of piperidine rings is 1. The molecule has 1 atom stereocenters. The molecule has 0 aliphatic carbocycles. The summed E-state index contributed by atoms with van der Waals surface area (Å²) in [7, 11) is 0. The molecule has 0 N–H and O–H groups in total. The number of hydrogen-bond acceptors (Lipinski definition) is 2. The summed E-state index contributed by atoms with van der Waals surface area (Å²) in [5.74, 6) is 0.459. The number of halogens is 1. The minimum atomic E-state index is -0.111. The Hall–Kier alpha value is -1.36. The monoisotopic (exact) mass is 366 g/mol. The van der Waals surface area contributed by atoms with Crippen molar-refractivity contribution in [1.82, 2.24) is 4.90 Å². The van der Waals surface area contributed by atoms with Crippen molar-refractivity contribution in [2.24, 2.45) is 5.92 Å². The van der Waals surface area contributed by atoms with Crippen LogP contribution in [-0.4, -0.2) is 36.3 Å². The van der Waals surface area contributed by atoms with Crippen molar-refractivity contribution in [3.63, 3.8) is 0 Å². The summed E-state index contributed by atoms with van der Waals surface area (Å²) in [4.78, 5) is 27.9. The lowest BCUT2D eigenvalue weighted by Crippen LogP contribution is -2.46. The molecular formula is C17H23BrN2O2. The van der Waals surface area contributed by atoms with E-state index in [4.69, 9.17) is 0 Å². The molecule has 22 heavy (non-hydrogen) atoms. The number of anilines is 1. The molecular weight excluding hydrogens is 344 g/mol. The van der Waals surface area contributed by atoms with Crippen LogP contribution in [0.3, 0.4) is 0 Å². The molecule has 1 aromatic carbocycles. The molecule has 2 rings (SSSR count). The molecule has 0 radical (unpaired) electrons. The van der Waals surface area contributed by atoms with E-state index in [9.17, 15) is 9.59 Å². The number of amides is 2. The third-order valence-corrected chi connectivity index (χ3v) is 5.03. The molecule has 0 spiro atoms. The average molecular weight is 367 g/mol. The lowest BCUT2D eigenvalue weighted by molar-refractivity contribution is -0.132. The summed E-state index contributed by atoms with van der Waals surface area (Å²) in [5, 5.41) is 0. The van der Waals surface area contributed by atoms with Gasteiger partial charge in [0.2, 0.25) is 11.8 Å². The summed E-state index contributed by atoms with van der Waals surface area (Å²) in [6.45, 7) is 7.35. The molecule has 1 aliphatic heterocycles. The third-order valence-electron chi connectivity index (χ3n) is 4.14. The van der Waals surface area contributed by atoms with E-state index in [2.05, 4.69) is 22.9 Å². The standard InChI is InChI=1S/C17H23BrN2O2/c1-12-5-4-8-19(10-12)17(22)11-20(14(3)21)15-6-7-16(18)13(2)9-15/h6-7,9,12H,4-5,8,10-11H2,1-3H3. The van der Waals surface area contributed by atoms with Gasteiger partial charge in [-0.15, -0.1) is 0 Å². The molecule has 1 saturated heterocycles. The predicted molar refractivity (Wildman–Crippen MR) is 91.9 cm³/mol. The molecule has 1 aromatic rings. The van der Waals surface area contributed by atoms with Crippen molar-refractivity contribution in [3.8, 4) is 0 Å². The van der Waals surface area contributed by atoms with Crippen molar-refractivity contribution >= 4 is 33.4 Å². The van der Waals surface area contributed by atoms with E-state index in [0.29, 0.717) is 5.92 Å². The van der Waals surface area contributed by atoms with Gasteiger partial charge in [0, 0.05) is 30.2 Å². The molecule has 0 aromatic heterocycles. The second-order valence-electron chi connectivity index (χ2n) is 6.13. The van der Waals surface area contributed by atoms with Crippen LogP contribution in [0.4, 0.5) is 5.69 Å². The Balaban J connectivity index is 2.13. The molecule has 1 fully saturated rings. The average Bonchev–Trinajstić information content (AvgIpc) is 2.47. The van der Waals surface area contributed by atoms with Gasteiger partial charge in [-0.1, -0.05) is 22.9 Å². The molecule has 0 saturated carbocycles. The highest BCUT2D eigenvalue weighted by Crippen LogP contribution is 2.23. The van der Waals surface area contributed by atoms with Gasteiger partial charge in [0.25, 0.3) is 0 Å². The zero-order valence-electron chi connectivity index (χ0n) is 13.4. The van der Waals surface area contributed by atoms with Gasteiger partial charge < -0.3 is 9.80 Å². The Bertz CT molecular complexity index is 574. The number of hydrogen-bond donors (Lipinski definition) is 0. The zero-order valence-corrected chi connectivity index (χ0v) is 15.0. The fraction of sp³-hybridized carbons (Fsp3) is 0.529. The lowest BCUT2D eigenvalue weighted by atomic mass is 10.0. The normalized spacial score (nSPS) is 18.2. The fourth-order valence-corrected chi connectivity index (χ4v) is 3.08. The molecule has 4 nitrogen and oxygen atoms in total. The van der Waals surface area contributed by atoms with E-state index in [-0.39, 0.29) is 18.4 Å². The van der Waals surface area contributed by atoms with Gasteiger partial charge in [0.1, 0.15) is 6.54 Å². The Morgan fingerprint density at radius 2 is 2.14 bits per heavy atom. The van der Waals surface area contributed by atoms with Gasteiger partial charge in [-0.25, -0.2) is 0 Å². The van der Waals surface area contributed by atoms with E-state index >= 15 is 0 Å². The third kappa shape index (κ3) is 4.09. The zero-order chi connectivity index (χ0) is 16.3. The minimum Gasteiger partial charge on any atom is -0.341 e. The van der Waals surface area contributed by atoms with Crippen LogP contribution in [0.15, 0.2) is 22.7 Å². The molecule has 0 bridgehead atoms. The van der Waals surface area contributed by atoms with Crippen LogP contribution in [0.1, 0.15) is 32.3 Å². The fourth-order valence-electron chi connectivity index (χ4n) is 2.83. The highest BCUT2D eigenvalue weighted by Gasteiger charge is 2.24. The van der Waals surface area contributed by atoms with Gasteiger partial charge >= 0.3 is 0 Å². The first kappa shape index (κ1) is 17.0. The second kappa shape index (κ2) is 7.27. The van der Waals surface area contributed by atoms with Crippen molar-refractivity contribution in [3.05, 3.63) is 28.2 Å². The van der Waals surface area contributed by atoms with Crippen LogP contribution in [0.5, 0.6) is 0 Å². The maximum atomic E-state index is 12.5. The Morgan fingerprint density at radius 1 is 1.41 bits per heavy atom. The molecule has 1 unspecified atom stereocenters.